The highest BCUT2D eigenvalue weighted by atomic mass is 16.2. The predicted molar refractivity (Wildman–Crippen MR) is 111 cm³/mol. The van der Waals surface area contributed by atoms with E-state index in [0.717, 1.165) is 49.5 Å². The smallest absolute Gasteiger partial charge is 0.274 e. The summed E-state index contributed by atoms with van der Waals surface area (Å²) in [6.45, 7) is 0.736. The van der Waals surface area contributed by atoms with Crippen LogP contribution in [0, 0.1) is 0 Å². The highest BCUT2D eigenvalue weighted by molar-refractivity contribution is 6.21. The van der Waals surface area contributed by atoms with E-state index in [1.165, 1.54) is 4.90 Å². The van der Waals surface area contributed by atoms with Crippen LogP contribution in [-0.4, -0.2) is 37.8 Å². The molecule has 2 aromatic rings. The number of nitrogens with zero attached hydrogens (tertiary/aromatic N) is 2. The molecule has 2 amide bonds. The van der Waals surface area contributed by atoms with Crippen LogP contribution in [0.25, 0.3) is 0 Å². The molecule has 160 valence electrons. The molecular formula is C21H26N4O5. The zero-order valence-corrected chi connectivity index (χ0v) is 16.8. The minimum Gasteiger partial charge on any atom is -0.274 e. The second-order valence-electron chi connectivity index (χ2n) is 7.48. The monoisotopic (exact) mass is 414 g/mol. The third-order valence-corrected chi connectivity index (χ3v) is 5.32. The lowest BCUT2D eigenvalue weighted by Gasteiger charge is -2.13. The van der Waals surface area contributed by atoms with E-state index < -0.39 is 17.1 Å². The summed E-state index contributed by atoms with van der Waals surface area (Å²) in [7, 11) is 0. The van der Waals surface area contributed by atoms with E-state index in [9.17, 15) is 24.0 Å². The molecule has 0 radical (unpaired) electrons. The van der Waals surface area contributed by atoms with Gasteiger partial charge in [0.05, 0.1) is 11.1 Å². The van der Waals surface area contributed by atoms with Crippen molar-refractivity contribution >= 4 is 11.8 Å². The summed E-state index contributed by atoms with van der Waals surface area (Å²) < 4.78 is 1.00. The first-order valence-corrected chi connectivity index (χ1v) is 10.4. The Labute approximate surface area is 172 Å². The lowest BCUT2D eigenvalue weighted by atomic mass is 10.1. The van der Waals surface area contributed by atoms with Gasteiger partial charge in [-0.3, -0.25) is 24.5 Å². The van der Waals surface area contributed by atoms with E-state index >= 15 is 0 Å². The topological polar surface area (TPSA) is 125 Å². The Bertz CT molecular complexity index is 1010. The summed E-state index contributed by atoms with van der Waals surface area (Å²) in [5.41, 5.74) is -1.16. The first kappa shape index (κ1) is 21.5. The molecule has 0 unspecified atom stereocenters. The van der Waals surface area contributed by atoms with Crippen molar-refractivity contribution in [1.82, 2.24) is 19.4 Å². The van der Waals surface area contributed by atoms with E-state index in [-0.39, 0.29) is 18.4 Å². The van der Waals surface area contributed by atoms with Gasteiger partial charge in [-0.15, -0.1) is 0 Å². The van der Waals surface area contributed by atoms with Crippen LogP contribution in [0.1, 0.15) is 72.1 Å². The number of hydrogen-bond donors (Lipinski definition) is 2. The normalized spacial score (nSPS) is 13.1. The van der Waals surface area contributed by atoms with E-state index in [1.807, 2.05) is 9.97 Å². The minimum absolute atomic E-state index is 0.198. The Balaban J connectivity index is 1.25. The molecule has 0 spiro atoms. The molecule has 1 aliphatic heterocycles. The highest BCUT2D eigenvalue weighted by Gasteiger charge is 2.34. The Hall–Kier alpha value is -3.23. The van der Waals surface area contributed by atoms with Crippen molar-refractivity contribution in [2.24, 2.45) is 0 Å². The van der Waals surface area contributed by atoms with Crippen LogP contribution in [-0.2, 0) is 6.54 Å². The molecule has 1 aromatic heterocycles. The summed E-state index contributed by atoms with van der Waals surface area (Å²) in [6.07, 6.45) is 7.45. The van der Waals surface area contributed by atoms with Gasteiger partial charge in [0.1, 0.15) is 0 Å². The summed E-state index contributed by atoms with van der Waals surface area (Å²) in [6, 6.07) is 6.92. The van der Waals surface area contributed by atoms with Crippen LogP contribution in [0.3, 0.4) is 0 Å². The first-order valence-electron chi connectivity index (χ1n) is 10.4. The van der Waals surface area contributed by atoms with Gasteiger partial charge in [-0.1, -0.05) is 50.7 Å². The van der Waals surface area contributed by atoms with Crippen molar-refractivity contribution in [1.29, 1.82) is 0 Å². The molecule has 0 saturated heterocycles. The number of aromatic amines is 2. The van der Waals surface area contributed by atoms with Crippen molar-refractivity contribution < 1.29 is 9.59 Å². The number of amides is 2. The molecule has 9 nitrogen and oxygen atoms in total. The molecule has 0 saturated carbocycles. The summed E-state index contributed by atoms with van der Waals surface area (Å²) >= 11 is 0. The molecule has 9 heteroatoms. The van der Waals surface area contributed by atoms with E-state index in [4.69, 9.17) is 0 Å². The molecule has 1 aromatic carbocycles. The maximum atomic E-state index is 12.3. The van der Waals surface area contributed by atoms with Crippen LogP contribution in [0.2, 0.25) is 0 Å². The van der Waals surface area contributed by atoms with Crippen molar-refractivity contribution in [2.75, 3.05) is 6.54 Å². The number of fused-ring (bicyclic) bond motifs is 1. The van der Waals surface area contributed by atoms with Crippen molar-refractivity contribution in [3.63, 3.8) is 0 Å². The minimum atomic E-state index is -0.788. The molecule has 0 fully saturated rings. The number of unbranched alkanes of at least 4 members (excludes halogenated alkanes) is 7. The lowest BCUT2D eigenvalue weighted by molar-refractivity contribution is 0.0651. The second kappa shape index (κ2) is 10.00. The quantitative estimate of drug-likeness (QED) is 0.427. The third kappa shape index (κ3) is 5.03. The van der Waals surface area contributed by atoms with Crippen LogP contribution in [0.4, 0.5) is 0 Å². The number of aromatic nitrogens is 3. The fourth-order valence-electron chi connectivity index (χ4n) is 3.70. The molecule has 30 heavy (non-hydrogen) atoms. The Morgan fingerprint density at radius 3 is 1.53 bits per heavy atom. The van der Waals surface area contributed by atoms with Gasteiger partial charge in [-0.25, -0.2) is 19.0 Å². The zero-order valence-electron chi connectivity index (χ0n) is 16.8. The summed E-state index contributed by atoms with van der Waals surface area (Å²) in [4.78, 5) is 64.1. The number of rotatable bonds is 11. The maximum absolute atomic E-state index is 12.3. The number of carbonyl (C=O) groups excluding carboxylic acids is 2. The Morgan fingerprint density at radius 2 is 1.03 bits per heavy atom. The molecule has 1 aliphatic rings. The molecular weight excluding hydrogens is 388 g/mol. The van der Waals surface area contributed by atoms with Gasteiger partial charge in [0, 0.05) is 13.1 Å². The maximum Gasteiger partial charge on any atom is 0.333 e. The van der Waals surface area contributed by atoms with Gasteiger partial charge in [0.2, 0.25) is 0 Å². The number of hydrogen-bond acceptors (Lipinski definition) is 5. The van der Waals surface area contributed by atoms with Crippen LogP contribution in [0.5, 0.6) is 0 Å². The Kier molecular flexibility index (Phi) is 7.16. The second-order valence-corrected chi connectivity index (χ2v) is 7.48. The van der Waals surface area contributed by atoms with Crippen LogP contribution < -0.4 is 17.1 Å². The van der Waals surface area contributed by atoms with Gasteiger partial charge in [-0.2, -0.15) is 0 Å². The number of carbonyl (C=O) groups is 2. The van der Waals surface area contributed by atoms with Gasteiger partial charge in [-0.05, 0) is 25.0 Å². The lowest BCUT2D eigenvalue weighted by Crippen LogP contribution is -2.43. The average Bonchev–Trinajstić information content (AvgIpc) is 2.95. The summed E-state index contributed by atoms with van der Waals surface area (Å²) in [5, 5.41) is 0. The number of benzene rings is 1. The molecule has 3 rings (SSSR count). The largest absolute Gasteiger partial charge is 0.333 e. The SMILES string of the molecule is O=C1c2ccccc2C(=O)N1CCCCCCCCCCn1c(=O)[nH]c(=O)[nH]c1=O. The fourth-order valence-corrected chi connectivity index (χ4v) is 3.70. The van der Waals surface area contributed by atoms with E-state index in [0.29, 0.717) is 24.1 Å². The summed E-state index contributed by atoms with van der Waals surface area (Å²) in [5.74, 6) is -0.396. The average molecular weight is 414 g/mol. The van der Waals surface area contributed by atoms with E-state index in [2.05, 4.69) is 0 Å². The van der Waals surface area contributed by atoms with Gasteiger partial charge >= 0.3 is 17.1 Å². The Morgan fingerprint density at radius 1 is 0.600 bits per heavy atom. The molecule has 0 bridgehead atoms. The van der Waals surface area contributed by atoms with Crippen LogP contribution >= 0.6 is 0 Å². The zero-order chi connectivity index (χ0) is 21.5. The molecule has 2 heterocycles. The molecule has 2 N–H and O–H groups in total. The van der Waals surface area contributed by atoms with Crippen molar-refractivity contribution in [3.05, 3.63) is 66.8 Å². The van der Waals surface area contributed by atoms with Gasteiger partial charge in [0.15, 0.2) is 0 Å². The first-order chi connectivity index (χ1) is 14.5. The number of imide groups is 1. The van der Waals surface area contributed by atoms with Crippen molar-refractivity contribution in [2.45, 2.75) is 57.9 Å². The standard InChI is InChI=1S/C21H26N4O5/c26-17-15-11-7-8-12-16(15)18(27)24(17)13-9-5-3-1-2-4-6-10-14-25-20(29)22-19(28)23-21(25)30/h7-8,11-12H,1-6,9-10,13-14H2,(H2,22,23,28,29,30). The highest BCUT2D eigenvalue weighted by Crippen LogP contribution is 2.22. The third-order valence-electron chi connectivity index (χ3n) is 5.32. The number of nitrogens with one attached hydrogen (secondary N) is 2. The molecule has 0 aliphatic carbocycles. The van der Waals surface area contributed by atoms with E-state index in [1.54, 1.807) is 24.3 Å². The molecule has 0 atom stereocenters. The number of H-pyrrole nitrogens is 2. The van der Waals surface area contributed by atoms with Crippen molar-refractivity contribution in [3.8, 4) is 0 Å². The fraction of sp³-hybridized carbons (Fsp3) is 0.476. The van der Waals surface area contributed by atoms with Gasteiger partial charge < -0.3 is 0 Å². The predicted octanol–water partition coefficient (Wildman–Crippen LogP) is 1.64. The van der Waals surface area contributed by atoms with Crippen LogP contribution in [0.15, 0.2) is 38.6 Å². The van der Waals surface area contributed by atoms with Gasteiger partial charge in [0.25, 0.3) is 11.8 Å².